The number of hydrogen-bond donors (Lipinski definition) is 1. The van der Waals surface area contributed by atoms with E-state index in [1.807, 2.05) is 60.9 Å². The molecule has 0 fully saturated rings. The van der Waals surface area contributed by atoms with E-state index in [0.717, 1.165) is 28.9 Å². The average Bonchev–Trinajstić information content (AvgIpc) is 3.51. The molecule has 3 aromatic heterocycles. The van der Waals surface area contributed by atoms with Crippen molar-refractivity contribution in [1.82, 2.24) is 19.7 Å². The molecular formula is C27H18N6O2. The molecule has 0 saturated carbocycles. The van der Waals surface area contributed by atoms with Crippen molar-refractivity contribution in [3.63, 3.8) is 0 Å². The molecule has 3 aliphatic rings. The molecule has 6 heterocycles. The van der Waals surface area contributed by atoms with E-state index >= 15 is 0 Å². The lowest BCUT2D eigenvalue weighted by molar-refractivity contribution is -0.123. The number of imidazole rings is 1. The number of hydrogen-bond acceptors (Lipinski definition) is 6. The van der Waals surface area contributed by atoms with Crippen molar-refractivity contribution >= 4 is 34.4 Å². The number of aliphatic imine (C=N–C) groups is 1. The van der Waals surface area contributed by atoms with Crippen molar-refractivity contribution in [2.24, 2.45) is 4.99 Å². The first-order chi connectivity index (χ1) is 17.2. The Kier molecular flexibility index (Phi) is 4.10. The summed E-state index contributed by atoms with van der Waals surface area (Å²) in [6.07, 6.45) is 9.63. The van der Waals surface area contributed by atoms with Crippen LogP contribution in [0.25, 0.3) is 11.2 Å². The van der Waals surface area contributed by atoms with E-state index in [1.54, 1.807) is 23.0 Å². The number of nitrogens with zero attached hydrogens (tertiary/aromatic N) is 5. The number of rotatable bonds is 3. The fourth-order valence-electron chi connectivity index (χ4n) is 5.20. The lowest BCUT2D eigenvalue weighted by Gasteiger charge is -2.24. The smallest absolute Gasteiger partial charge is 0.261 e. The standard InChI is InChI=1S/C27H18N6O2/c34-26-22(20-15-30-21-9-2-4-12-32(20)21)23(27(35)31-26)24-17-7-5-6-16-14-19(18-8-1-3-10-28-18)33(25(16)17)13-11-29-24/h1-13,15,19H,14H2,(H,31,34,35). The number of aromatic nitrogens is 3. The highest BCUT2D eigenvalue weighted by Gasteiger charge is 2.40. The van der Waals surface area contributed by atoms with Crippen LogP contribution in [-0.4, -0.2) is 31.9 Å². The van der Waals surface area contributed by atoms with Crippen LogP contribution in [-0.2, 0) is 16.0 Å². The molecule has 8 nitrogen and oxygen atoms in total. The largest absolute Gasteiger partial charge is 0.336 e. The van der Waals surface area contributed by atoms with Gasteiger partial charge in [-0.15, -0.1) is 0 Å². The van der Waals surface area contributed by atoms with E-state index in [-0.39, 0.29) is 17.2 Å². The van der Waals surface area contributed by atoms with Gasteiger partial charge in [-0.1, -0.05) is 30.3 Å². The van der Waals surface area contributed by atoms with Gasteiger partial charge in [-0.2, -0.15) is 0 Å². The monoisotopic (exact) mass is 458 g/mol. The number of amides is 2. The SMILES string of the molecule is O=C1NC(=O)C(c2cnc3ccccn23)=C1C1=NC=CN2c3c(cccc31)CC2c1ccccn1. The first-order valence-electron chi connectivity index (χ1n) is 11.3. The molecule has 3 aliphatic heterocycles. The van der Waals surface area contributed by atoms with Crippen LogP contribution in [0.3, 0.4) is 0 Å². The third kappa shape index (κ3) is 2.83. The van der Waals surface area contributed by atoms with Crippen LogP contribution in [0.4, 0.5) is 5.69 Å². The van der Waals surface area contributed by atoms with E-state index in [4.69, 9.17) is 4.99 Å². The third-order valence-electron chi connectivity index (χ3n) is 6.68. The number of anilines is 1. The molecule has 35 heavy (non-hydrogen) atoms. The fourth-order valence-corrected chi connectivity index (χ4v) is 5.20. The molecule has 0 aliphatic carbocycles. The molecule has 0 saturated heterocycles. The Morgan fingerprint density at radius 1 is 0.914 bits per heavy atom. The minimum atomic E-state index is -0.464. The van der Waals surface area contributed by atoms with Crippen LogP contribution in [0.1, 0.15) is 28.6 Å². The summed E-state index contributed by atoms with van der Waals surface area (Å²) in [5.74, 6) is -0.921. The number of benzene rings is 1. The molecule has 0 spiro atoms. The summed E-state index contributed by atoms with van der Waals surface area (Å²) in [5, 5.41) is 2.47. The zero-order chi connectivity index (χ0) is 23.5. The zero-order valence-electron chi connectivity index (χ0n) is 18.4. The van der Waals surface area contributed by atoms with Gasteiger partial charge >= 0.3 is 0 Å². The van der Waals surface area contributed by atoms with Crippen molar-refractivity contribution in [2.45, 2.75) is 12.5 Å². The Morgan fingerprint density at radius 2 is 1.80 bits per heavy atom. The Hall–Kier alpha value is -4.85. The second kappa shape index (κ2) is 7.33. The molecular weight excluding hydrogens is 440 g/mol. The van der Waals surface area contributed by atoms with Crippen molar-refractivity contribution in [3.05, 3.63) is 114 Å². The maximum Gasteiger partial charge on any atom is 0.261 e. The molecule has 1 N–H and O–H groups in total. The van der Waals surface area contributed by atoms with Crippen molar-refractivity contribution < 1.29 is 9.59 Å². The van der Waals surface area contributed by atoms with Gasteiger partial charge < -0.3 is 4.90 Å². The van der Waals surface area contributed by atoms with E-state index in [9.17, 15) is 9.59 Å². The van der Waals surface area contributed by atoms with Crippen LogP contribution in [0.2, 0.25) is 0 Å². The van der Waals surface area contributed by atoms with Gasteiger partial charge in [0.1, 0.15) is 5.65 Å². The van der Waals surface area contributed by atoms with E-state index in [0.29, 0.717) is 17.1 Å². The van der Waals surface area contributed by atoms with Crippen molar-refractivity contribution in [1.29, 1.82) is 0 Å². The number of para-hydroxylation sites is 1. The molecule has 8 heteroatoms. The van der Waals surface area contributed by atoms with E-state index < -0.39 is 11.8 Å². The number of carbonyl (C=O) groups excluding carboxylic acids is 2. The van der Waals surface area contributed by atoms with Crippen LogP contribution in [0, 0.1) is 0 Å². The van der Waals surface area contributed by atoms with Crippen LogP contribution >= 0.6 is 0 Å². The first-order valence-corrected chi connectivity index (χ1v) is 11.3. The minimum Gasteiger partial charge on any atom is -0.336 e. The summed E-state index contributed by atoms with van der Waals surface area (Å²) in [5.41, 5.74) is 6.10. The van der Waals surface area contributed by atoms with E-state index in [1.165, 1.54) is 0 Å². The van der Waals surface area contributed by atoms with E-state index in [2.05, 4.69) is 26.3 Å². The van der Waals surface area contributed by atoms with Gasteiger partial charge in [0.05, 0.1) is 46.2 Å². The average molecular weight is 458 g/mol. The number of pyridine rings is 2. The third-order valence-corrected chi connectivity index (χ3v) is 6.68. The van der Waals surface area contributed by atoms with Gasteiger partial charge in [0, 0.05) is 36.8 Å². The summed E-state index contributed by atoms with van der Waals surface area (Å²) in [6, 6.07) is 17.5. The quantitative estimate of drug-likeness (QED) is 0.476. The molecule has 1 unspecified atom stereocenters. The highest BCUT2D eigenvalue weighted by Crippen LogP contribution is 2.44. The topological polar surface area (TPSA) is 92.0 Å². The highest BCUT2D eigenvalue weighted by molar-refractivity contribution is 6.47. The molecule has 0 radical (unpaired) electrons. The molecule has 7 rings (SSSR count). The number of imide groups is 1. The van der Waals surface area contributed by atoms with Crippen LogP contribution in [0.15, 0.2) is 96.2 Å². The zero-order valence-corrected chi connectivity index (χ0v) is 18.4. The Labute approximate surface area is 200 Å². The number of fused-ring (bicyclic) bond motifs is 1. The predicted molar refractivity (Wildman–Crippen MR) is 131 cm³/mol. The van der Waals surface area contributed by atoms with Gasteiger partial charge in [0.25, 0.3) is 11.8 Å². The van der Waals surface area contributed by atoms with Gasteiger partial charge in [-0.3, -0.25) is 29.3 Å². The summed E-state index contributed by atoms with van der Waals surface area (Å²) in [6.45, 7) is 0. The summed E-state index contributed by atoms with van der Waals surface area (Å²) in [7, 11) is 0. The summed E-state index contributed by atoms with van der Waals surface area (Å²) < 4.78 is 1.81. The van der Waals surface area contributed by atoms with Gasteiger partial charge in [0.15, 0.2) is 0 Å². The number of nitrogens with one attached hydrogen (secondary N) is 1. The van der Waals surface area contributed by atoms with Gasteiger partial charge in [-0.05, 0) is 29.8 Å². The maximum atomic E-state index is 13.2. The first kappa shape index (κ1) is 19.6. The molecule has 1 atom stereocenters. The molecule has 4 aromatic rings. The van der Waals surface area contributed by atoms with Crippen LogP contribution in [0.5, 0.6) is 0 Å². The number of carbonyl (C=O) groups is 2. The molecule has 0 bridgehead atoms. The van der Waals surface area contributed by atoms with Crippen molar-refractivity contribution in [3.8, 4) is 0 Å². The lowest BCUT2D eigenvalue weighted by atomic mass is 9.94. The Morgan fingerprint density at radius 3 is 2.69 bits per heavy atom. The maximum absolute atomic E-state index is 13.2. The fraction of sp³-hybridized carbons (Fsp3) is 0.0741. The Balaban J connectivity index is 1.43. The van der Waals surface area contributed by atoms with Crippen LogP contribution < -0.4 is 10.2 Å². The molecule has 2 amide bonds. The molecule has 168 valence electrons. The second-order valence-corrected chi connectivity index (χ2v) is 8.58. The minimum absolute atomic E-state index is 0.0180. The van der Waals surface area contributed by atoms with Gasteiger partial charge in [-0.25, -0.2) is 4.98 Å². The normalized spacial score (nSPS) is 18.7. The van der Waals surface area contributed by atoms with Crippen molar-refractivity contribution in [2.75, 3.05) is 4.90 Å². The summed E-state index contributed by atoms with van der Waals surface area (Å²) >= 11 is 0. The molecule has 1 aromatic carbocycles. The predicted octanol–water partition coefficient (Wildman–Crippen LogP) is 3.22. The van der Waals surface area contributed by atoms with Gasteiger partial charge in [0.2, 0.25) is 0 Å². The second-order valence-electron chi connectivity index (χ2n) is 8.58. The Bertz CT molecular complexity index is 1650. The highest BCUT2D eigenvalue weighted by atomic mass is 16.2. The summed E-state index contributed by atoms with van der Waals surface area (Å²) in [4.78, 5) is 42.1. The lowest BCUT2D eigenvalue weighted by Crippen LogP contribution is -2.25.